The zero-order chi connectivity index (χ0) is 22.0. The molecular weight excluding hydrogens is 396 g/mol. The fourth-order valence-corrected chi connectivity index (χ4v) is 4.26. The molecule has 1 N–H and O–H groups in total. The number of hydrogen-bond acceptors (Lipinski definition) is 6. The van der Waals surface area contributed by atoms with Gasteiger partial charge in [-0.15, -0.1) is 0 Å². The molecule has 2 aliphatic rings. The van der Waals surface area contributed by atoms with Crippen LogP contribution in [-0.4, -0.2) is 60.1 Å². The van der Waals surface area contributed by atoms with E-state index < -0.39 is 5.60 Å². The van der Waals surface area contributed by atoms with Crippen LogP contribution in [0.1, 0.15) is 36.2 Å². The van der Waals surface area contributed by atoms with E-state index in [0.717, 1.165) is 11.3 Å². The van der Waals surface area contributed by atoms with E-state index >= 15 is 0 Å². The van der Waals surface area contributed by atoms with Gasteiger partial charge in [-0.3, -0.25) is 9.59 Å². The summed E-state index contributed by atoms with van der Waals surface area (Å²) in [5, 5.41) is 10.6. The summed E-state index contributed by atoms with van der Waals surface area (Å²) in [5.41, 5.74) is 1.13. The van der Waals surface area contributed by atoms with E-state index in [2.05, 4.69) is 4.90 Å². The maximum Gasteiger partial charge on any atom is 0.219 e. The first-order valence-corrected chi connectivity index (χ1v) is 10.6. The van der Waals surface area contributed by atoms with Gasteiger partial charge in [0.05, 0.1) is 26.2 Å². The third-order valence-electron chi connectivity index (χ3n) is 5.80. The number of carbonyl (C=O) groups excluding carboxylic acids is 2. The van der Waals surface area contributed by atoms with E-state index in [-0.39, 0.29) is 36.0 Å². The number of phenolic OH excluding ortho intramolecular Hbond substituents is 1. The first kappa shape index (κ1) is 21.2. The topological polar surface area (TPSA) is 79.3 Å². The quantitative estimate of drug-likeness (QED) is 0.795. The molecule has 2 aromatic carbocycles. The number of aromatic hydroxyl groups is 1. The number of benzene rings is 2. The van der Waals surface area contributed by atoms with Crippen molar-refractivity contribution in [1.29, 1.82) is 0 Å². The van der Waals surface area contributed by atoms with Crippen LogP contribution in [0.25, 0.3) is 0 Å². The lowest BCUT2D eigenvalue weighted by Gasteiger charge is -2.39. The summed E-state index contributed by atoms with van der Waals surface area (Å²) >= 11 is 0. The van der Waals surface area contributed by atoms with E-state index in [0.29, 0.717) is 38.6 Å². The number of fused-ring (bicyclic) bond motifs is 1. The smallest absolute Gasteiger partial charge is 0.219 e. The average Bonchev–Trinajstić information content (AvgIpc) is 2.73. The Morgan fingerprint density at radius 1 is 1.19 bits per heavy atom. The van der Waals surface area contributed by atoms with Gasteiger partial charge < -0.3 is 24.4 Å². The van der Waals surface area contributed by atoms with Gasteiger partial charge in [-0.05, 0) is 12.5 Å². The molecule has 1 fully saturated rings. The molecule has 1 unspecified atom stereocenters. The largest absolute Gasteiger partial charge is 0.507 e. The van der Waals surface area contributed by atoms with Gasteiger partial charge in [-0.25, -0.2) is 0 Å². The molecule has 0 spiro atoms. The Kier molecular flexibility index (Phi) is 5.87. The minimum atomic E-state index is -0.888. The van der Waals surface area contributed by atoms with Gasteiger partial charge in [0.25, 0.3) is 0 Å². The molecule has 2 aromatic rings. The minimum absolute atomic E-state index is 0.0706. The van der Waals surface area contributed by atoms with Crippen LogP contribution < -0.4 is 9.64 Å². The van der Waals surface area contributed by atoms with Crippen molar-refractivity contribution in [3.63, 3.8) is 0 Å². The lowest BCUT2D eigenvalue weighted by molar-refractivity contribution is -0.132. The molecule has 31 heavy (non-hydrogen) atoms. The Morgan fingerprint density at radius 2 is 1.90 bits per heavy atom. The van der Waals surface area contributed by atoms with Gasteiger partial charge in [-0.1, -0.05) is 30.3 Å². The van der Waals surface area contributed by atoms with E-state index in [1.807, 2.05) is 43.3 Å². The highest BCUT2D eigenvalue weighted by Crippen LogP contribution is 2.41. The summed E-state index contributed by atoms with van der Waals surface area (Å²) < 4.78 is 11.7. The van der Waals surface area contributed by atoms with Crippen molar-refractivity contribution in [3.05, 3.63) is 53.6 Å². The summed E-state index contributed by atoms with van der Waals surface area (Å²) in [6, 6.07) is 13.2. The molecule has 0 radical (unpaired) electrons. The molecule has 0 aromatic heterocycles. The van der Waals surface area contributed by atoms with E-state index in [1.54, 1.807) is 11.0 Å². The minimum Gasteiger partial charge on any atom is -0.507 e. The highest BCUT2D eigenvalue weighted by Gasteiger charge is 2.40. The van der Waals surface area contributed by atoms with Crippen molar-refractivity contribution in [3.8, 4) is 11.5 Å². The number of rotatable bonds is 5. The number of amides is 1. The molecule has 164 valence electrons. The third kappa shape index (κ3) is 4.66. The van der Waals surface area contributed by atoms with E-state index in [4.69, 9.17) is 9.47 Å². The summed E-state index contributed by atoms with van der Waals surface area (Å²) in [5.74, 6) is 0.0250. The Bertz CT molecular complexity index is 971. The molecule has 7 nitrogen and oxygen atoms in total. The van der Waals surface area contributed by atoms with Gasteiger partial charge in [0.15, 0.2) is 5.78 Å². The highest BCUT2D eigenvalue weighted by atomic mass is 16.5. The van der Waals surface area contributed by atoms with Crippen LogP contribution >= 0.6 is 0 Å². The van der Waals surface area contributed by atoms with Crippen molar-refractivity contribution in [2.45, 2.75) is 32.4 Å². The molecular formula is C24H28N2O5. The number of morpholine rings is 1. The normalized spacial score (nSPS) is 20.7. The van der Waals surface area contributed by atoms with Crippen molar-refractivity contribution in [2.24, 2.45) is 0 Å². The number of hydrogen-bond donors (Lipinski definition) is 1. The second kappa shape index (κ2) is 8.59. The fourth-order valence-electron chi connectivity index (χ4n) is 4.26. The zero-order valence-corrected chi connectivity index (χ0v) is 18.0. The molecule has 0 aliphatic carbocycles. The predicted octanol–water partition coefficient (Wildman–Crippen LogP) is 3.00. The number of nitrogens with zero attached hydrogens (tertiary/aromatic N) is 2. The summed E-state index contributed by atoms with van der Waals surface area (Å²) in [6.07, 6.45) is 0.0863. The SMILES string of the molecule is CC(=O)N(Cc1ccccc1)CC1(C)CC(=O)c2c(O)cc(N3CCOCC3)cc2O1. The molecule has 1 saturated heterocycles. The second-order valence-electron chi connectivity index (χ2n) is 8.45. The first-order valence-electron chi connectivity index (χ1n) is 10.6. The summed E-state index contributed by atoms with van der Waals surface area (Å²) in [7, 11) is 0. The number of anilines is 1. The van der Waals surface area contributed by atoms with E-state index in [9.17, 15) is 14.7 Å². The molecule has 2 aliphatic heterocycles. The van der Waals surface area contributed by atoms with Crippen LogP contribution in [0.3, 0.4) is 0 Å². The molecule has 7 heteroatoms. The van der Waals surface area contributed by atoms with E-state index in [1.165, 1.54) is 6.92 Å². The third-order valence-corrected chi connectivity index (χ3v) is 5.80. The van der Waals surface area contributed by atoms with Gasteiger partial charge in [0.2, 0.25) is 5.91 Å². The summed E-state index contributed by atoms with van der Waals surface area (Å²) in [6.45, 7) is 6.71. The Morgan fingerprint density at radius 3 is 2.58 bits per heavy atom. The number of ketones is 1. The van der Waals surface area contributed by atoms with Gasteiger partial charge in [-0.2, -0.15) is 0 Å². The highest BCUT2D eigenvalue weighted by molar-refractivity contribution is 6.03. The fraction of sp³-hybridized carbons (Fsp3) is 0.417. The Hall–Kier alpha value is -3.06. The average molecular weight is 424 g/mol. The predicted molar refractivity (Wildman–Crippen MR) is 117 cm³/mol. The number of Topliss-reactive ketones (excluding diaryl/α,β-unsaturated/α-hetero) is 1. The standard InChI is InChI=1S/C24H28N2O5/c1-17(27)26(15-18-6-4-3-5-7-18)16-24(2)14-21(29)23-20(28)12-19(13-22(23)31-24)25-8-10-30-11-9-25/h3-7,12-13,28H,8-11,14-16H2,1-2H3. The van der Waals surface area contributed by atoms with Crippen LogP contribution in [0.4, 0.5) is 5.69 Å². The Labute approximate surface area is 182 Å². The molecule has 2 heterocycles. The number of ether oxygens (including phenoxy) is 2. The van der Waals surface area contributed by atoms with Crippen molar-refractivity contribution in [2.75, 3.05) is 37.7 Å². The maximum atomic E-state index is 12.9. The molecule has 1 amide bonds. The van der Waals surface area contributed by atoms with Crippen LogP contribution in [0, 0.1) is 0 Å². The van der Waals surface area contributed by atoms with Crippen molar-refractivity contribution >= 4 is 17.4 Å². The number of phenols is 1. The number of carbonyl (C=O) groups is 2. The molecule has 1 atom stereocenters. The molecule has 0 saturated carbocycles. The van der Waals surface area contributed by atoms with Crippen LogP contribution in [-0.2, 0) is 16.1 Å². The maximum absolute atomic E-state index is 12.9. The van der Waals surface area contributed by atoms with Gasteiger partial charge >= 0.3 is 0 Å². The van der Waals surface area contributed by atoms with Crippen molar-refractivity contribution in [1.82, 2.24) is 4.90 Å². The Balaban J connectivity index is 1.59. The lowest BCUT2D eigenvalue weighted by atomic mass is 9.90. The monoisotopic (exact) mass is 424 g/mol. The van der Waals surface area contributed by atoms with Gasteiger partial charge in [0.1, 0.15) is 22.7 Å². The van der Waals surface area contributed by atoms with Crippen LogP contribution in [0.2, 0.25) is 0 Å². The van der Waals surface area contributed by atoms with Crippen LogP contribution in [0.15, 0.2) is 42.5 Å². The van der Waals surface area contributed by atoms with Crippen LogP contribution in [0.5, 0.6) is 11.5 Å². The van der Waals surface area contributed by atoms with Crippen molar-refractivity contribution < 1.29 is 24.2 Å². The molecule has 0 bridgehead atoms. The lowest BCUT2D eigenvalue weighted by Crippen LogP contribution is -2.49. The zero-order valence-electron chi connectivity index (χ0n) is 18.0. The van der Waals surface area contributed by atoms with Gasteiger partial charge in [0, 0.05) is 44.4 Å². The first-order chi connectivity index (χ1) is 14.8. The second-order valence-corrected chi connectivity index (χ2v) is 8.45. The molecule has 4 rings (SSSR count). The summed E-state index contributed by atoms with van der Waals surface area (Å²) in [4.78, 5) is 29.1.